The Bertz CT molecular complexity index is 1060. The normalized spacial score (nSPS) is 20.2. The first kappa shape index (κ1) is 22.0. The number of carbonyl (C=O) groups is 2. The molecule has 1 aliphatic carbocycles. The van der Waals surface area contributed by atoms with Crippen molar-refractivity contribution in [2.45, 2.75) is 26.4 Å². The zero-order valence-electron chi connectivity index (χ0n) is 17.4. The Hall–Kier alpha value is -3.66. The Labute approximate surface area is 179 Å². The first-order chi connectivity index (χ1) is 14.7. The number of methoxy groups -OCH3 is 1. The van der Waals surface area contributed by atoms with Crippen LogP contribution < -0.4 is 4.74 Å². The first-order valence-electron chi connectivity index (χ1n) is 9.63. The maximum Gasteiger partial charge on any atom is 0.366 e. The van der Waals surface area contributed by atoms with Gasteiger partial charge in [0.05, 0.1) is 12.5 Å². The summed E-state index contributed by atoms with van der Waals surface area (Å²) in [6.07, 6.45) is -0.0157. The monoisotopic (exact) mass is 423 g/mol. The van der Waals surface area contributed by atoms with Crippen LogP contribution in [0.5, 0.6) is 11.5 Å². The average Bonchev–Trinajstić information content (AvgIpc) is 3.33. The molecule has 31 heavy (non-hydrogen) atoms. The molecule has 1 aliphatic rings. The fraction of sp³-hybridized carbons (Fsp3) is 0.292. The van der Waals surface area contributed by atoms with Crippen LogP contribution in [0.3, 0.4) is 0 Å². The number of rotatable bonds is 7. The number of benzene rings is 2. The number of hydrogen-bond donors (Lipinski definition) is 0. The van der Waals surface area contributed by atoms with Crippen molar-refractivity contribution < 1.29 is 28.2 Å². The zero-order chi connectivity index (χ0) is 22.6. The number of nitriles is 1. The second-order valence-electron chi connectivity index (χ2n) is 7.92. The van der Waals surface area contributed by atoms with Gasteiger partial charge in [-0.05, 0) is 42.2 Å². The number of para-hydroxylation sites is 1. The molecule has 160 valence electrons. The lowest BCUT2D eigenvalue weighted by molar-refractivity contribution is -0.152. The van der Waals surface area contributed by atoms with Crippen molar-refractivity contribution in [3.8, 4) is 17.6 Å². The minimum atomic E-state index is -1.35. The molecule has 3 rings (SSSR count). The van der Waals surface area contributed by atoms with Gasteiger partial charge >= 0.3 is 11.9 Å². The van der Waals surface area contributed by atoms with Crippen LogP contribution in [0.4, 0.5) is 4.39 Å². The summed E-state index contributed by atoms with van der Waals surface area (Å²) in [5.74, 6) is -2.03. The molecular formula is C24H22FNO5. The lowest BCUT2D eigenvalue weighted by Crippen LogP contribution is -2.25. The van der Waals surface area contributed by atoms with E-state index in [4.69, 9.17) is 9.47 Å². The first-order valence-corrected chi connectivity index (χ1v) is 9.63. The van der Waals surface area contributed by atoms with Crippen molar-refractivity contribution in [3.63, 3.8) is 0 Å². The highest BCUT2D eigenvalue weighted by molar-refractivity contribution is 5.90. The molecule has 2 aromatic carbocycles. The Balaban J connectivity index is 1.81. The Morgan fingerprint density at radius 2 is 1.77 bits per heavy atom. The van der Waals surface area contributed by atoms with Crippen LogP contribution in [0.1, 0.15) is 31.9 Å². The van der Waals surface area contributed by atoms with E-state index in [2.05, 4.69) is 4.74 Å². The molecule has 0 bridgehead atoms. The lowest BCUT2D eigenvalue weighted by atomic mass is 9.95. The van der Waals surface area contributed by atoms with Crippen LogP contribution in [0.25, 0.3) is 0 Å². The largest absolute Gasteiger partial charge is 0.464 e. The van der Waals surface area contributed by atoms with E-state index in [-0.39, 0.29) is 6.42 Å². The maximum atomic E-state index is 14.1. The second kappa shape index (κ2) is 8.60. The van der Waals surface area contributed by atoms with Crippen LogP contribution in [0.15, 0.2) is 66.5 Å². The van der Waals surface area contributed by atoms with Crippen LogP contribution in [0.2, 0.25) is 0 Å². The lowest BCUT2D eigenvalue weighted by Gasteiger charge is -2.19. The molecule has 0 radical (unpaired) electrons. The number of ether oxygens (including phenoxy) is 3. The molecule has 0 amide bonds. The SMILES string of the molecule is COC(=O)C(F)=C[C@]1(C(=O)O[C@H](C#N)c2cccc(Oc3ccccc3)c2)CC1(C)C. The van der Waals surface area contributed by atoms with E-state index in [9.17, 15) is 19.2 Å². The summed E-state index contributed by atoms with van der Waals surface area (Å²) in [7, 11) is 1.05. The van der Waals surface area contributed by atoms with Gasteiger partial charge in [0.25, 0.3) is 0 Å². The summed E-state index contributed by atoms with van der Waals surface area (Å²) in [5, 5.41) is 9.60. The molecule has 2 atom stereocenters. The molecule has 2 aromatic rings. The Kier molecular flexibility index (Phi) is 6.11. The molecule has 0 spiro atoms. The van der Waals surface area contributed by atoms with Gasteiger partial charge in [-0.2, -0.15) is 9.65 Å². The highest BCUT2D eigenvalue weighted by Gasteiger charge is 2.67. The maximum absolute atomic E-state index is 14.1. The van der Waals surface area contributed by atoms with E-state index in [1.54, 1.807) is 50.2 Å². The van der Waals surface area contributed by atoms with Crippen LogP contribution in [-0.2, 0) is 19.1 Å². The second-order valence-corrected chi connectivity index (χ2v) is 7.92. The van der Waals surface area contributed by atoms with Crippen molar-refractivity contribution in [2.24, 2.45) is 10.8 Å². The third-order valence-corrected chi connectivity index (χ3v) is 5.40. The van der Waals surface area contributed by atoms with Crippen molar-refractivity contribution in [1.29, 1.82) is 5.26 Å². The van der Waals surface area contributed by atoms with Crippen molar-refractivity contribution >= 4 is 11.9 Å². The summed E-state index contributed by atoms with van der Waals surface area (Å²) in [6.45, 7) is 3.51. The van der Waals surface area contributed by atoms with Gasteiger partial charge in [0.2, 0.25) is 11.9 Å². The summed E-state index contributed by atoms with van der Waals surface area (Å²) < 4.78 is 29.7. The van der Waals surface area contributed by atoms with Gasteiger partial charge in [-0.15, -0.1) is 0 Å². The smallest absolute Gasteiger partial charge is 0.366 e. The van der Waals surface area contributed by atoms with Gasteiger partial charge in [-0.25, -0.2) is 4.79 Å². The topological polar surface area (TPSA) is 85.6 Å². The fourth-order valence-electron chi connectivity index (χ4n) is 3.43. The minimum absolute atomic E-state index is 0.276. The predicted octanol–water partition coefficient (Wildman–Crippen LogP) is 5.03. The molecule has 0 aliphatic heterocycles. The van der Waals surface area contributed by atoms with Gasteiger partial charge in [0.15, 0.2) is 0 Å². The van der Waals surface area contributed by atoms with E-state index in [0.717, 1.165) is 13.2 Å². The quantitative estimate of drug-likeness (QED) is 0.459. The van der Waals surface area contributed by atoms with E-state index in [1.165, 1.54) is 0 Å². The molecule has 0 aromatic heterocycles. The highest BCUT2D eigenvalue weighted by Crippen LogP contribution is 2.65. The van der Waals surface area contributed by atoms with E-state index in [1.807, 2.05) is 24.3 Å². The van der Waals surface area contributed by atoms with Gasteiger partial charge in [0, 0.05) is 5.56 Å². The van der Waals surface area contributed by atoms with Crippen LogP contribution >= 0.6 is 0 Å². The number of esters is 2. The van der Waals surface area contributed by atoms with Crippen LogP contribution in [0, 0.1) is 22.2 Å². The Morgan fingerprint density at radius 1 is 1.13 bits per heavy atom. The van der Waals surface area contributed by atoms with Crippen molar-refractivity contribution in [1.82, 2.24) is 0 Å². The van der Waals surface area contributed by atoms with Gasteiger partial charge in [-0.1, -0.05) is 44.2 Å². The van der Waals surface area contributed by atoms with E-state index in [0.29, 0.717) is 17.1 Å². The van der Waals surface area contributed by atoms with Crippen molar-refractivity contribution in [2.75, 3.05) is 7.11 Å². The molecule has 7 heteroatoms. The third-order valence-electron chi connectivity index (χ3n) is 5.40. The minimum Gasteiger partial charge on any atom is -0.464 e. The molecule has 0 saturated heterocycles. The summed E-state index contributed by atoms with van der Waals surface area (Å²) in [4.78, 5) is 24.4. The molecule has 0 N–H and O–H groups in total. The average molecular weight is 423 g/mol. The summed E-state index contributed by atoms with van der Waals surface area (Å²) in [6, 6.07) is 17.7. The molecular weight excluding hydrogens is 401 g/mol. The number of hydrogen-bond acceptors (Lipinski definition) is 6. The van der Waals surface area contributed by atoms with Crippen LogP contribution in [-0.4, -0.2) is 19.0 Å². The predicted molar refractivity (Wildman–Crippen MR) is 109 cm³/mol. The van der Waals surface area contributed by atoms with E-state index >= 15 is 0 Å². The zero-order valence-corrected chi connectivity index (χ0v) is 17.4. The number of halogens is 1. The standard InChI is InChI=1S/C24H22FNO5/c1-23(2)15-24(23,13-19(25)21(27)29-3)22(28)31-20(14-26)16-8-7-11-18(12-16)30-17-9-5-4-6-10-17/h4-13,20H,15H2,1-3H3/t20-,24-/m1/s1. The fourth-order valence-corrected chi connectivity index (χ4v) is 3.43. The van der Waals surface area contributed by atoms with Crippen molar-refractivity contribution in [3.05, 3.63) is 72.1 Å². The van der Waals surface area contributed by atoms with Gasteiger partial charge in [0.1, 0.15) is 17.6 Å². The molecule has 0 heterocycles. The van der Waals surface area contributed by atoms with Gasteiger partial charge < -0.3 is 14.2 Å². The molecule has 6 nitrogen and oxygen atoms in total. The Morgan fingerprint density at radius 3 is 2.35 bits per heavy atom. The number of nitrogens with zero attached hydrogens (tertiary/aromatic N) is 1. The summed E-state index contributed by atoms with van der Waals surface area (Å²) >= 11 is 0. The highest BCUT2D eigenvalue weighted by atomic mass is 19.1. The van der Waals surface area contributed by atoms with Gasteiger partial charge in [-0.3, -0.25) is 4.79 Å². The number of carbonyl (C=O) groups excluding carboxylic acids is 2. The molecule has 1 fully saturated rings. The molecule has 0 unspecified atom stereocenters. The van der Waals surface area contributed by atoms with E-state index < -0.39 is 34.7 Å². The molecule has 1 saturated carbocycles. The summed E-state index contributed by atoms with van der Waals surface area (Å²) in [5.41, 5.74) is -1.57. The third kappa shape index (κ3) is 4.58.